The molecule has 0 saturated carbocycles. The number of nitrogens with zero attached hydrogens (tertiary/aromatic N) is 2. The molecule has 4 nitrogen and oxygen atoms in total. The maximum Gasteiger partial charge on any atom is 0.244 e. The Morgan fingerprint density at radius 1 is 1.08 bits per heavy atom. The predicted molar refractivity (Wildman–Crippen MR) is 112 cm³/mol. The zero-order valence-corrected chi connectivity index (χ0v) is 17.1. The Balaban J connectivity index is 1.31. The van der Waals surface area contributed by atoms with E-state index in [9.17, 15) is 4.79 Å². The summed E-state index contributed by atoms with van der Waals surface area (Å²) in [6.45, 7) is 6.89. The molecule has 1 aromatic carbocycles. The molecule has 0 bridgehead atoms. The fourth-order valence-corrected chi connectivity index (χ4v) is 4.31. The van der Waals surface area contributed by atoms with E-state index in [1.165, 1.54) is 5.56 Å². The molecular weight excluding hydrogens is 410 g/mol. The van der Waals surface area contributed by atoms with Gasteiger partial charge in [0.1, 0.15) is 0 Å². The highest BCUT2D eigenvalue weighted by Crippen LogP contribution is 2.22. The molecule has 0 aliphatic carbocycles. The fourth-order valence-electron chi connectivity index (χ4n) is 2.98. The van der Waals surface area contributed by atoms with E-state index < -0.39 is 0 Å². The Kier molecular flexibility index (Phi) is 7.43. The number of hydrogen-bond acceptors (Lipinski definition) is 4. The van der Waals surface area contributed by atoms with Gasteiger partial charge >= 0.3 is 0 Å². The van der Waals surface area contributed by atoms with Crippen molar-refractivity contribution >= 4 is 39.2 Å². The van der Waals surface area contributed by atoms with Crippen LogP contribution in [0.3, 0.4) is 0 Å². The summed E-state index contributed by atoms with van der Waals surface area (Å²) in [5.41, 5.74) is 1.37. The van der Waals surface area contributed by atoms with Gasteiger partial charge in [0.25, 0.3) is 0 Å². The standard InChI is InChI=1S/C20H24BrN3OS/c21-19-8-6-18(26-19)7-9-20(25)22-10-11-23-12-14-24(15-13-23)16-17-4-2-1-3-5-17/h1-9H,10-16H2,(H,22,25)/b9-7+. The van der Waals surface area contributed by atoms with Crippen LogP contribution < -0.4 is 5.32 Å². The topological polar surface area (TPSA) is 35.6 Å². The van der Waals surface area contributed by atoms with E-state index in [2.05, 4.69) is 61.4 Å². The Hall–Kier alpha value is -1.47. The molecule has 0 spiro atoms. The van der Waals surface area contributed by atoms with Gasteiger partial charge in [-0.15, -0.1) is 11.3 Å². The maximum atomic E-state index is 11.9. The number of rotatable bonds is 7. The van der Waals surface area contributed by atoms with Crippen LogP contribution >= 0.6 is 27.3 Å². The first kappa shape index (κ1) is 19.3. The number of carbonyl (C=O) groups excluding carboxylic acids is 1. The van der Waals surface area contributed by atoms with Crippen LogP contribution in [0.25, 0.3) is 6.08 Å². The van der Waals surface area contributed by atoms with E-state index in [-0.39, 0.29) is 5.91 Å². The molecule has 0 atom stereocenters. The number of halogens is 1. The highest BCUT2D eigenvalue weighted by Gasteiger charge is 2.16. The predicted octanol–water partition coefficient (Wildman–Crippen LogP) is 3.46. The van der Waals surface area contributed by atoms with Crippen LogP contribution in [0.15, 0.2) is 52.3 Å². The van der Waals surface area contributed by atoms with Crippen LogP contribution in [0, 0.1) is 0 Å². The minimum Gasteiger partial charge on any atom is -0.351 e. The van der Waals surface area contributed by atoms with Crippen molar-refractivity contribution in [3.05, 3.63) is 62.8 Å². The van der Waals surface area contributed by atoms with E-state index >= 15 is 0 Å². The lowest BCUT2D eigenvalue weighted by molar-refractivity contribution is -0.116. The number of thiophene rings is 1. The third-order valence-corrected chi connectivity index (χ3v) is 6.02. The highest BCUT2D eigenvalue weighted by atomic mass is 79.9. The van der Waals surface area contributed by atoms with Crippen molar-refractivity contribution in [1.82, 2.24) is 15.1 Å². The smallest absolute Gasteiger partial charge is 0.244 e. The summed E-state index contributed by atoms with van der Waals surface area (Å²) in [4.78, 5) is 17.9. The molecule has 1 aliphatic rings. The largest absolute Gasteiger partial charge is 0.351 e. The van der Waals surface area contributed by atoms with Crippen molar-refractivity contribution in [3.8, 4) is 0 Å². The van der Waals surface area contributed by atoms with E-state index in [1.54, 1.807) is 17.4 Å². The molecule has 1 N–H and O–H groups in total. The third kappa shape index (κ3) is 6.36. The minimum atomic E-state index is -0.0303. The molecule has 1 aromatic heterocycles. The van der Waals surface area contributed by atoms with Crippen molar-refractivity contribution in [2.45, 2.75) is 6.54 Å². The van der Waals surface area contributed by atoms with Gasteiger partial charge < -0.3 is 5.32 Å². The van der Waals surface area contributed by atoms with E-state index in [1.807, 2.05) is 18.2 Å². The molecule has 2 heterocycles. The third-order valence-electron chi connectivity index (χ3n) is 4.43. The quantitative estimate of drug-likeness (QED) is 0.679. The Morgan fingerprint density at radius 3 is 2.50 bits per heavy atom. The zero-order chi connectivity index (χ0) is 18.2. The Labute approximate surface area is 167 Å². The summed E-state index contributed by atoms with van der Waals surface area (Å²) in [5.74, 6) is -0.0303. The molecule has 1 amide bonds. The number of nitrogens with one attached hydrogen (secondary N) is 1. The molecule has 1 aliphatic heterocycles. The SMILES string of the molecule is O=C(/C=C/c1ccc(Br)s1)NCCN1CCN(Cc2ccccc2)CC1. The lowest BCUT2D eigenvalue weighted by atomic mass is 10.2. The maximum absolute atomic E-state index is 11.9. The highest BCUT2D eigenvalue weighted by molar-refractivity contribution is 9.11. The van der Waals surface area contributed by atoms with Gasteiger partial charge in [-0.2, -0.15) is 0 Å². The first-order valence-electron chi connectivity index (χ1n) is 8.89. The number of carbonyl (C=O) groups is 1. The molecule has 138 valence electrons. The van der Waals surface area contributed by atoms with E-state index in [0.29, 0.717) is 6.54 Å². The average molecular weight is 434 g/mol. The molecular formula is C20H24BrN3OS. The summed E-state index contributed by atoms with van der Waals surface area (Å²) < 4.78 is 1.07. The van der Waals surface area contributed by atoms with Crippen LogP contribution in [-0.2, 0) is 11.3 Å². The first-order chi connectivity index (χ1) is 12.7. The number of benzene rings is 1. The average Bonchev–Trinajstić information content (AvgIpc) is 3.08. The minimum absolute atomic E-state index is 0.0303. The van der Waals surface area contributed by atoms with Crippen molar-refractivity contribution < 1.29 is 4.79 Å². The lowest BCUT2D eigenvalue weighted by Crippen LogP contribution is -2.47. The van der Waals surface area contributed by atoms with Crippen LogP contribution in [0.5, 0.6) is 0 Å². The molecule has 1 fully saturated rings. The Bertz CT molecular complexity index is 724. The number of amides is 1. The zero-order valence-electron chi connectivity index (χ0n) is 14.7. The number of piperazine rings is 1. The molecule has 26 heavy (non-hydrogen) atoms. The van der Waals surface area contributed by atoms with E-state index in [4.69, 9.17) is 0 Å². The fraction of sp³-hybridized carbons (Fsp3) is 0.350. The molecule has 0 unspecified atom stereocenters. The summed E-state index contributed by atoms with van der Waals surface area (Å²) in [6, 6.07) is 14.6. The normalized spacial score (nSPS) is 16.2. The Morgan fingerprint density at radius 2 is 1.81 bits per heavy atom. The van der Waals surface area contributed by atoms with Crippen LogP contribution in [0.4, 0.5) is 0 Å². The molecule has 3 rings (SSSR count). The van der Waals surface area contributed by atoms with Gasteiger partial charge in [0.2, 0.25) is 5.91 Å². The van der Waals surface area contributed by atoms with Gasteiger partial charge in [-0.1, -0.05) is 30.3 Å². The summed E-state index contributed by atoms with van der Waals surface area (Å²) >= 11 is 5.04. The first-order valence-corrected chi connectivity index (χ1v) is 10.5. The monoisotopic (exact) mass is 433 g/mol. The second kappa shape index (κ2) is 10.0. The van der Waals surface area contributed by atoms with Gasteiger partial charge in [-0.25, -0.2) is 0 Å². The summed E-state index contributed by atoms with van der Waals surface area (Å²) in [7, 11) is 0. The lowest BCUT2D eigenvalue weighted by Gasteiger charge is -2.34. The molecule has 6 heteroatoms. The molecule has 0 radical (unpaired) electrons. The number of hydrogen-bond donors (Lipinski definition) is 1. The van der Waals surface area contributed by atoms with Gasteiger partial charge in [-0.3, -0.25) is 14.6 Å². The molecule has 2 aromatic rings. The van der Waals surface area contributed by atoms with Crippen molar-refractivity contribution in [2.24, 2.45) is 0 Å². The van der Waals surface area contributed by atoms with Crippen molar-refractivity contribution in [1.29, 1.82) is 0 Å². The molecule has 1 saturated heterocycles. The van der Waals surface area contributed by atoms with Crippen molar-refractivity contribution in [2.75, 3.05) is 39.3 Å². The second-order valence-electron chi connectivity index (χ2n) is 6.37. The van der Waals surface area contributed by atoms with Gasteiger partial charge in [0, 0.05) is 56.8 Å². The van der Waals surface area contributed by atoms with Crippen LogP contribution in [-0.4, -0.2) is 55.0 Å². The van der Waals surface area contributed by atoms with Gasteiger partial charge in [-0.05, 0) is 39.7 Å². The second-order valence-corrected chi connectivity index (χ2v) is 8.86. The summed E-state index contributed by atoms with van der Waals surface area (Å²) in [6.07, 6.45) is 3.46. The van der Waals surface area contributed by atoms with Gasteiger partial charge in [0.05, 0.1) is 3.79 Å². The van der Waals surface area contributed by atoms with Crippen LogP contribution in [0.2, 0.25) is 0 Å². The van der Waals surface area contributed by atoms with Crippen molar-refractivity contribution in [3.63, 3.8) is 0 Å². The summed E-state index contributed by atoms with van der Waals surface area (Å²) in [5, 5.41) is 2.97. The van der Waals surface area contributed by atoms with Crippen LogP contribution in [0.1, 0.15) is 10.4 Å². The van der Waals surface area contributed by atoms with Gasteiger partial charge in [0.15, 0.2) is 0 Å². The van der Waals surface area contributed by atoms with E-state index in [0.717, 1.165) is 47.9 Å².